The molecule has 1 aliphatic rings. The molecule has 1 fully saturated rings. The molecule has 1 aliphatic heterocycles. The normalized spacial score (nSPS) is 18.0. The summed E-state index contributed by atoms with van der Waals surface area (Å²) in [4.78, 5) is -1.88. The minimum Gasteiger partial charge on any atom is -0.342 e. The van der Waals surface area contributed by atoms with Crippen LogP contribution in [-0.2, 0) is 0 Å². The number of nitrogens with zero attached hydrogens (tertiary/aromatic N) is 3. The Bertz CT molecular complexity index is 282. The van der Waals surface area contributed by atoms with E-state index in [1.54, 1.807) is 0 Å². The van der Waals surface area contributed by atoms with Crippen molar-refractivity contribution in [3.8, 4) is 0 Å². The van der Waals surface area contributed by atoms with Crippen molar-refractivity contribution in [2.75, 3.05) is 0 Å². The van der Waals surface area contributed by atoms with Gasteiger partial charge in [0, 0.05) is 0 Å². The van der Waals surface area contributed by atoms with Gasteiger partial charge >= 0.3 is 21.4 Å². The lowest BCUT2D eigenvalue weighted by atomic mass is 9.64. The molecule has 0 saturated carbocycles. The van der Waals surface area contributed by atoms with Gasteiger partial charge in [0.05, 0.1) is 31.2 Å². The summed E-state index contributed by atoms with van der Waals surface area (Å²) >= 11 is 35.7. The fourth-order valence-electron chi connectivity index (χ4n) is 1.64. The molecule has 0 unspecified atom stereocenters. The van der Waals surface area contributed by atoms with E-state index in [-0.39, 0.29) is 21.4 Å². The Morgan fingerprint density at radius 2 is 0.762 bits per heavy atom. The Morgan fingerprint density at radius 3 is 0.905 bits per heavy atom. The predicted octanol–water partition coefficient (Wildman–Crippen LogP) is -3.25. The third-order valence-corrected chi connectivity index (χ3v) is 10.0. The lowest BCUT2D eigenvalue weighted by Gasteiger charge is -2.43. The predicted molar refractivity (Wildman–Crippen MR) is 108 cm³/mol. The number of hydrogen-bond acceptors (Lipinski definition) is 6. The van der Waals surface area contributed by atoms with Gasteiger partial charge in [-0.25, -0.2) is 0 Å². The summed E-state index contributed by atoms with van der Waals surface area (Å²) in [6.45, 7) is 0. The topological polar surface area (TPSA) is 45.8 Å². The highest BCUT2D eigenvalue weighted by atomic mass is 35.5. The van der Waals surface area contributed by atoms with Crippen molar-refractivity contribution in [3.63, 3.8) is 0 Å². The minimum atomic E-state index is -0.628. The van der Waals surface area contributed by atoms with Gasteiger partial charge in [0.25, 0.3) is 0 Å². The van der Waals surface area contributed by atoms with E-state index in [2.05, 4.69) is 15.4 Å². The molecule has 0 aromatic heterocycles. The van der Waals surface area contributed by atoms with Crippen LogP contribution in [0.25, 0.3) is 0 Å². The molecule has 0 aromatic carbocycles. The third-order valence-electron chi connectivity index (χ3n) is 3.09. The molecule has 18 heteroatoms. The summed E-state index contributed by atoms with van der Waals surface area (Å²) in [5.74, 6) is 0. The average molecular weight is 465 g/mol. The van der Waals surface area contributed by atoms with Crippen LogP contribution in [0.5, 0.6) is 0 Å². The maximum absolute atomic E-state index is 5.95. The van der Waals surface area contributed by atoms with Gasteiger partial charge in [-0.3, -0.25) is 0 Å². The Kier molecular flexibility index (Phi) is 9.91. The van der Waals surface area contributed by atoms with Gasteiger partial charge in [0.2, 0.25) is 0 Å². The Balaban J connectivity index is 2.87. The fraction of sp³-hybridized carbons (Fsp3) is 1.00. The Hall–Kier alpha value is 2.35. The van der Waals surface area contributed by atoms with E-state index < -0.39 is 14.9 Å². The molecule has 1 rings (SSSR count). The van der Waals surface area contributed by atoms with Crippen LogP contribution in [0.3, 0.4) is 0 Å². The number of rotatable bonds is 6. The molecule has 0 aliphatic carbocycles. The monoisotopic (exact) mass is 462 g/mol. The molecule has 120 valence electrons. The molecule has 0 bridgehead atoms. The highest BCUT2D eigenvalue weighted by Gasteiger charge is 2.44. The molecule has 0 amide bonds. The van der Waals surface area contributed by atoms with E-state index in [4.69, 9.17) is 69.6 Å². The zero-order valence-corrected chi connectivity index (χ0v) is 22.1. The molecule has 6 nitrogen and oxygen atoms in total. The number of hydrogen-bond donors (Lipinski definition) is 3. The van der Waals surface area contributed by atoms with Gasteiger partial charge in [0.15, 0.2) is 0 Å². The van der Waals surface area contributed by atoms with Crippen molar-refractivity contribution in [2.24, 2.45) is 0 Å². The molecular weight excluding hydrogens is 449 g/mol. The lowest BCUT2D eigenvalue weighted by Crippen LogP contribution is -2.85. The van der Waals surface area contributed by atoms with Gasteiger partial charge in [-0.15, -0.1) is 0 Å². The minimum absolute atomic E-state index is 0.250. The van der Waals surface area contributed by atoms with Crippen molar-refractivity contribution in [2.45, 2.75) is 14.9 Å². The van der Waals surface area contributed by atoms with Crippen molar-refractivity contribution in [3.05, 3.63) is 0 Å². The summed E-state index contributed by atoms with van der Waals surface area (Å²) in [5, 5.41) is 9.91. The standard InChI is InChI=1S/C3H15B3Cl6N6Si3/c7-1(8)16(19)4-13-5(17(20)2(9)10)15-6(14-4)18(21)3(11)12/h1-3,13-15H,19-21H3. The van der Waals surface area contributed by atoms with Gasteiger partial charge in [-0.2, -0.15) is 0 Å². The smallest absolute Gasteiger partial charge is 0.342 e. The van der Waals surface area contributed by atoms with Gasteiger partial charge in [-0.05, 0) is 0 Å². The Morgan fingerprint density at radius 1 is 0.571 bits per heavy atom. The molecule has 0 aromatic rings. The maximum Gasteiger partial charge on any atom is 0.373 e. The number of halogens is 6. The van der Waals surface area contributed by atoms with Crippen LogP contribution in [0.2, 0.25) is 0 Å². The summed E-state index contributed by atoms with van der Waals surface area (Å²) in [6, 6.07) is 0. The zero-order chi connectivity index (χ0) is 16.3. The number of nitrogens with one attached hydrogen (secondary N) is 3. The van der Waals surface area contributed by atoms with Gasteiger partial charge < -0.3 is 28.8 Å². The molecule has 1 saturated heterocycles. The summed E-state index contributed by atoms with van der Waals surface area (Å²) in [7, 11) is 1.20. The van der Waals surface area contributed by atoms with Crippen molar-refractivity contribution >= 4 is 122 Å². The van der Waals surface area contributed by atoms with Crippen LogP contribution in [0, 0.1) is 0 Å². The van der Waals surface area contributed by atoms with Crippen molar-refractivity contribution in [1.82, 2.24) is 28.8 Å². The quantitative estimate of drug-likeness (QED) is 0.218. The molecule has 1 heterocycles. The largest absolute Gasteiger partial charge is 0.373 e. The summed E-state index contributed by atoms with van der Waals surface area (Å²) < 4.78 is 5.55. The van der Waals surface area contributed by atoms with Crippen LogP contribution in [0.1, 0.15) is 0 Å². The first kappa shape index (κ1) is 21.4. The van der Waals surface area contributed by atoms with Gasteiger partial charge in [-0.1, -0.05) is 69.6 Å². The molecule has 0 radical (unpaired) electrons. The van der Waals surface area contributed by atoms with E-state index >= 15 is 0 Å². The highest BCUT2D eigenvalue weighted by Crippen LogP contribution is 2.13. The van der Waals surface area contributed by atoms with Crippen molar-refractivity contribution in [1.29, 1.82) is 0 Å². The van der Waals surface area contributed by atoms with E-state index in [1.165, 1.54) is 0 Å². The van der Waals surface area contributed by atoms with E-state index in [9.17, 15) is 0 Å². The third kappa shape index (κ3) is 6.29. The lowest BCUT2D eigenvalue weighted by molar-refractivity contribution is 0.651. The first-order valence-electron chi connectivity index (χ1n) is 5.93. The molecule has 0 spiro atoms. The van der Waals surface area contributed by atoms with E-state index in [0.29, 0.717) is 31.2 Å². The first-order chi connectivity index (χ1) is 9.65. The van der Waals surface area contributed by atoms with Crippen LogP contribution in [0.15, 0.2) is 0 Å². The highest BCUT2D eigenvalue weighted by molar-refractivity contribution is 6.88. The summed E-state index contributed by atoms with van der Waals surface area (Å²) in [5.41, 5.74) is 0. The second-order valence-electron chi connectivity index (χ2n) is 4.54. The number of alkyl halides is 6. The molecule has 3 N–H and O–H groups in total. The zero-order valence-electron chi connectivity index (χ0n) is 11.6. The average Bonchev–Trinajstić information content (AvgIpc) is 2.43. The molecule has 0 atom stereocenters. The van der Waals surface area contributed by atoms with Gasteiger partial charge in [0.1, 0.15) is 14.9 Å². The van der Waals surface area contributed by atoms with Crippen LogP contribution >= 0.6 is 69.6 Å². The van der Waals surface area contributed by atoms with Crippen LogP contribution in [-0.4, -0.2) is 80.9 Å². The Labute approximate surface area is 165 Å². The van der Waals surface area contributed by atoms with Crippen LogP contribution in [0.4, 0.5) is 0 Å². The maximum atomic E-state index is 5.95. The van der Waals surface area contributed by atoms with E-state index in [1.807, 2.05) is 13.4 Å². The van der Waals surface area contributed by atoms with Crippen LogP contribution < -0.4 is 15.4 Å². The first-order valence-corrected chi connectivity index (χ1v) is 11.2. The summed E-state index contributed by atoms with van der Waals surface area (Å²) in [6.07, 6.45) is 0. The SMILES string of the molecule is [SiH3]N(B1NB(N([SiH3])C(Cl)Cl)NB(N([SiH3])C(Cl)Cl)N1)C(Cl)Cl. The molecule has 21 heavy (non-hydrogen) atoms. The van der Waals surface area contributed by atoms with Crippen molar-refractivity contribution < 1.29 is 0 Å². The second-order valence-corrected chi connectivity index (χ2v) is 10.8. The van der Waals surface area contributed by atoms with E-state index in [0.717, 1.165) is 0 Å². The molecular formula is C3H15B3Cl6N6Si3. The second kappa shape index (κ2) is 9.73. The fourth-order valence-corrected chi connectivity index (χ4v) is 3.21.